The number of halogens is 1. The molecule has 2 N–H and O–H groups in total. The molecule has 2 rings (SSSR count). The van der Waals surface area contributed by atoms with E-state index in [1.165, 1.54) is 36.1 Å². The van der Waals surface area contributed by atoms with Crippen LogP contribution in [0.4, 0.5) is 4.39 Å². The van der Waals surface area contributed by atoms with Crippen molar-refractivity contribution in [3.63, 3.8) is 0 Å². The number of aromatic nitrogens is 3. The van der Waals surface area contributed by atoms with E-state index in [0.717, 1.165) is 4.68 Å². The Morgan fingerprint density at radius 1 is 1.48 bits per heavy atom. The number of benzene rings is 1. The molecule has 1 aromatic carbocycles. The molecule has 0 radical (unpaired) electrons. The van der Waals surface area contributed by atoms with E-state index in [2.05, 4.69) is 10.4 Å². The summed E-state index contributed by atoms with van der Waals surface area (Å²) in [4.78, 5) is 23.2. The first kappa shape index (κ1) is 14.9. The summed E-state index contributed by atoms with van der Waals surface area (Å²) in [5.41, 5.74) is -0.312. The molecule has 0 saturated carbocycles. The van der Waals surface area contributed by atoms with Crippen LogP contribution in [0, 0.1) is 5.82 Å². The molecule has 0 aliphatic heterocycles. The average Bonchev–Trinajstić information content (AvgIpc) is 2.77. The van der Waals surface area contributed by atoms with Crippen molar-refractivity contribution >= 4 is 5.91 Å². The molecule has 7 nitrogen and oxygen atoms in total. The Bertz CT molecular complexity index is 695. The molecule has 21 heavy (non-hydrogen) atoms. The lowest BCUT2D eigenvalue weighted by Crippen LogP contribution is -2.35. The number of rotatable bonds is 5. The van der Waals surface area contributed by atoms with Gasteiger partial charge in [0.2, 0.25) is 5.91 Å². The number of carbonyl (C=O) groups is 1. The zero-order valence-corrected chi connectivity index (χ0v) is 11.4. The second kappa shape index (κ2) is 6.31. The highest BCUT2D eigenvalue weighted by Crippen LogP contribution is 2.15. The fourth-order valence-electron chi connectivity index (χ4n) is 1.79. The molecular formula is C13H15FN4O3. The Morgan fingerprint density at radius 2 is 2.19 bits per heavy atom. The number of carbonyl (C=O) groups excluding carboxylic acids is 1. The van der Waals surface area contributed by atoms with Crippen molar-refractivity contribution in [2.75, 3.05) is 6.54 Å². The fraction of sp³-hybridized carbons (Fsp3) is 0.308. The number of nitrogens with one attached hydrogen (secondary N) is 1. The summed E-state index contributed by atoms with van der Waals surface area (Å²) in [7, 11) is 1.52. The van der Waals surface area contributed by atoms with Gasteiger partial charge in [0.05, 0.1) is 6.10 Å². The SMILES string of the molecule is Cn1cnn(CC(=O)NCC(O)c2ccccc2F)c1=O. The van der Waals surface area contributed by atoms with Gasteiger partial charge in [-0.25, -0.2) is 13.9 Å². The van der Waals surface area contributed by atoms with E-state index in [0.29, 0.717) is 0 Å². The van der Waals surface area contributed by atoms with Gasteiger partial charge in [-0.05, 0) is 6.07 Å². The van der Waals surface area contributed by atoms with Crippen molar-refractivity contribution in [1.29, 1.82) is 0 Å². The number of aliphatic hydroxyl groups excluding tert-OH is 1. The van der Waals surface area contributed by atoms with E-state index in [1.807, 2.05) is 0 Å². The van der Waals surface area contributed by atoms with Crippen molar-refractivity contribution in [3.8, 4) is 0 Å². The zero-order chi connectivity index (χ0) is 15.4. The predicted molar refractivity (Wildman–Crippen MR) is 71.8 cm³/mol. The summed E-state index contributed by atoms with van der Waals surface area (Å²) in [5.74, 6) is -1.04. The monoisotopic (exact) mass is 294 g/mol. The van der Waals surface area contributed by atoms with Crippen LogP contribution in [-0.2, 0) is 18.4 Å². The molecule has 1 amide bonds. The van der Waals surface area contributed by atoms with Gasteiger partial charge in [0.15, 0.2) is 0 Å². The van der Waals surface area contributed by atoms with Crippen LogP contribution in [-0.4, -0.2) is 31.9 Å². The lowest BCUT2D eigenvalue weighted by molar-refractivity contribution is -0.122. The van der Waals surface area contributed by atoms with E-state index in [9.17, 15) is 19.1 Å². The molecule has 1 unspecified atom stereocenters. The van der Waals surface area contributed by atoms with Gasteiger partial charge in [0.25, 0.3) is 0 Å². The number of aliphatic hydroxyl groups is 1. The highest BCUT2D eigenvalue weighted by Gasteiger charge is 2.14. The summed E-state index contributed by atoms with van der Waals surface area (Å²) in [6, 6.07) is 5.78. The largest absolute Gasteiger partial charge is 0.386 e. The number of hydrogen-bond donors (Lipinski definition) is 2. The van der Waals surface area contributed by atoms with Crippen molar-refractivity contribution < 1.29 is 14.3 Å². The van der Waals surface area contributed by atoms with Crippen LogP contribution in [0.15, 0.2) is 35.4 Å². The van der Waals surface area contributed by atoms with Crippen LogP contribution in [0.5, 0.6) is 0 Å². The normalized spacial score (nSPS) is 12.1. The van der Waals surface area contributed by atoms with Crippen molar-refractivity contribution in [2.45, 2.75) is 12.6 Å². The number of aryl methyl sites for hydroxylation is 1. The second-order valence-electron chi connectivity index (χ2n) is 4.52. The Kier molecular flexibility index (Phi) is 4.49. The van der Waals surface area contributed by atoms with E-state index >= 15 is 0 Å². The summed E-state index contributed by atoms with van der Waals surface area (Å²) >= 11 is 0. The topological polar surface area (TPSA) is 89.2 Å². The van der Waals surface area contributed by atoms with Gasteiger partial charge in [-0.1, -0.05) is 18.2 Å². The lowest BCUT2D eigenvalue weighted by atomic mass is 10.1. The van der Waals surface area contributed by atoms with E-state index in [4.69, 9.17) is 0 Å². The summed E-state index contributed by atoms with van der Waals surface area (Å²) < 4.78 is 15.7. The van der Waals surface area contributed by atoms with E-state index in [1.54, 1.807) is 6.07 Å². The van der Waals surface area contributed by atoms with Gasteiger partial charge >= 0.3 is 5.69 Å². The minimum Gasteiger partial charge on any atom is -0.386 e. The first-order chi connectivity index (χ1) is 9.99. The lowest BCUT2D eigenvalue weighted by Gasteiger charge is -2.12. The van der Waals surface area contributed by atoms with Crippen LogP contribution in [0.25, 0.3) is 0 Å². The fourth-order valence-corrected chi connectivity index (χ4v) is 1.79. The molecule has 0 bridgehead atoms. The Labute approximate surface area is 119 Å². The minimum absolute atomic E-state index is 0.104. The van der Waals surface area contributed by atoms with Gasteiger partial charge in [-0.2, -0.15) is 5.10 Å². The predicted octanol–water partition coefficient (Wildman–Crippen LogP) is -0.429. The molecular weight excluding hydrogens is 279 g/mol. The van der Waals surface area contributed by atoms with Crippen LogP contribution in [0.1, 0.15) is 11.7 Å². The quantitative estimate of drug-likeness (QED) is 0.783. The van der Waals surface area contributed by atoms with Gasteiger partial charge in [-0.15, -0.1) is 0 Å². The maximum Gasteiger partial charge on any atom is 0.345 e. The van der Waals surface area contributed by atoms with Crippen LogP contribution >= 0.6 is 0 Å². The Balaban J connectivity index is 1.91. The Hall–Kier alpha value is -2.48. The van der Waals surface area contributed by atoms with E-state index in [-0.39, 0.29) is 18.7 Å². The molecule has 0 fully saturated rings. The molecule has 0 spiro atoms. The first-order valence-electron chi connectivity index (χ1n) is 6.26. The number of amides is 1. The van der Waals surface area contributed by atoms with Gasteiger partial charge < -0.3 is 10.4 Å². The highest BCUT2D eigenvalue weighted by molar-refractivity contribution is 5.75. The van der Waals surface area contributed by atoms with Crippen molar-refractivity contribution in [1.82, 2.24) is 19.7 Å². The van der Waals surface area contributed by atoms with Crippen molar-refractivity contribution in [2.24, 2.45) is 7.05 Å². The third-order valence-corrected chi connectivity index (χ3v) is 2.94. The number of nitrogens with zero attached hydrogens (tertiary/aromatic N) is 3. The molecule has 1 atom stereocenters. The van der Waals surface area contributed by atoms with Crippen LogP contribution in [0.3, 0.4) is 0 Å². The maximum absolute atomic E-state index is 13.4. The van der Waals surface area contributed by atoms with Crippen LogP contribution < -0.4 is 11.0 Å². The smallest absolute Gasteiger partial charge is 0.345 e. The van der Waals surface area contributed by atoms with Crippen molar-refractivity contribution in [3.05, 3.63) is 52.5 Å². The first-order valence-corrected chi connectivity index (χ1v) is 6.26. The second-order valence-corrected chi connectivity index (χ2v) is 4.52. The molecule has 2 aromatic rings. The summed E-state index contributed by atoms with van der Waals surface area (Å²) in [6.07, 6.45) is 0.139. The highest BCUT2D eigenvalue weighted by atomic mass is 19.1. The van der Waals surface area contributed by atoms with E-state index < -0.39 is 23.5 Å². The molecule has 0 aliphatic carbocycles. The third kappa shape index (κ3) is 3.54. The molecule has 1 heterocycles. The van der Waals surface area contributed by atoms with Gasteiger partial charge in [-0.3, -0.25) is 9.36 Å². The summed E-state index contributed by atoms with van der Waals surface area (Å²) in [5, 5.41) is 16.0. The standard InChI is InChI=1S/C13H15FN4O3/c1-17-8-16-18(13(17)21)7-12(20)15-6-11(19)9-4-2-3-5-10(9)14/h2-5,8,11,19H,6-7H2,1H3,(H,15,20). The van der Waals surface area contributed by atoms with Crippen LogP contribution in [0.2, 0.25) is 0 Å². The molecule has 1 aromatic heterocycles. The molecule has 112 valence electrons. The maximum atomic E-state index is 13.4. The zero-order valence-electron chi connectivity index (χ0n) is 11.4. The Morgan fingerprint density at radius 3 is 2.81 bits per heavy atom. The van der Waals surface area contributed by atoms with Gasteiger partial charge in [0.1, 0.15) is 18.7 Å². The molecule has 0 aliphatic rings. The average molecular weight is 294 g/mol. The molecule has 8 heteroatoms. The number of hydrogen-bond acceptors (Lipinski definition) is 4. The third-order valence-electron chi connectivity index (χ3n) is 2.94. The molecule has 0 saturated heterocycles. The summed E-state index contributed by atoms with van der Waals surface area (Å²) in [6.45, 7) is -0.412. The minimum atomic E-state index is -1.16. The van der Waals surface area contributed by atoms with Gasteiger partial charge in [0, 0.05) is 19.2 Å².